The maximum absolute atomic E-state index is 12.8. The summed E-state index contributed by atoms with van der Waals surface area (Å²) in [5.74, 6) is -0.187. The molecule has 0 radical (unpaired) electrons. The fourth-order valence-corrected chi connectivity index (χ4v) is 5.32. The average Bonchev–Trinajstić information content (AvgIpc) is 2.69. The number of benzene rings is 1. The van der Waals surface area contributed by atoms with Gasteiger partial charge in [0, 0.05) is 32.2 Å². The van der Waals surface area contributed by atoms with E-state index in [0.717, 1.165) is 25.9 Å². The summed E-state index contributed by atoms with van der Waals surface area (Å²) in [7, 11) is 0.539. The van der Waals surface area contributed by atoms with E-state index < -0.39 is 10.0 Å². The molecule has 1 atom stereocenters. The van der Waals surface area contributed by atoms with Crippen molar-refractivity contribution in [1.29, 1.82) is 0 Å². The molecule has 2 rings (SSSR count). The van der Waals surface area contributed by atoms with E-state index in [4.69, 9.17) is 11.6 Å². The van der Waals surface area contributed by atoms with E-state index in [9.17, 15) is 13.2 Å². The maximum Gasteiger partial charge on any atom is 0.243 e. The number of anilines is 1. The lowest BCUT2D eigenvalue weighted by molar-refractivity contribution is -0.121. The van der Waals surface area contributed by atoms with Crippen molar-refractivity contribution >= 4 is 33.2 Å². The van der Waals surface area contributed by atoms with Crippen LogP contribution in [0.2, 0.25) is 5.02 Å². The Morgan fingerprint density at radius 2 is 1.83 bits per heavy atom. The summed E-state index contributed by atoms with van der Waals surface area (Å²) in [5, 5.41) is 3.14. The number of piperidine rings is 1. The first-order valence-corrected chi connectivity index (χ1v) is 11.9. The van der Waals surface area contributed by atoms with Gasteiger partial charge in [-0.15, -0.1) is 0 Å². The highest BCUT2D eigenvalue weighted by Gasteiger charge is 2.28. The van der Waals surface area contributed by atoms with Crippen molar-refractivity contribution in [1.82, 2.24) is 14.1 Å². The zero-order valence-electron chi connectivity index (χ0n) is 18.0. The second kappa shape index (κ2) is 10.2. The van der Waals surface area contributed by atoms with Crippen molar-refractivity contribution in [2.45, 2.75) is 50.6 Å². The molecule has 1 unspecified atom stereocenters. The van der Waals surface area contributed by atoms with Crippen LogP contribution >= 0.6 is 11.6 Å². The average molecular weight is 445 g/mol. The van der Waals surface area contributed by atoms with Crippen LogP contribution in [0.4, 0.5) is 5.69 Å². The van der Waals surface area contributed by atoms with E-state index in [1.54, 1.807) is 13.8 Å². The molecule has 29 heavy (non-hydrogen) atoms. The van der Waals surface area contributed by atoms with Gasteiger partial charge in [0.25, 0.3) is 0 Å². The highest BCUT2D eigenvalue weighted by Crippen LogP contribution is 2.27. The van der Waals surface area contributed by atoms with Gasteiger partial charge in [-0.05, 0) is 52.1 Å². The Morgan fingerprint density at radius 1 is 1.24 bits per heavy atom. The highest BCUT2D eigenvalue weighted by molar-refractivity contribution is 7.89. The number of rotatable bonds is 8. The Morgan fingerprint density at radius 3 is 2.34 bits per heavy atom. The molecule has 1 aromatic rings. The number of sulfonamides is 1. The molecule has 1 amide bonds. The van der Waals surface area contributed by atoms with Gasteiger partial charge in [0.05, 0.1) is 21.6 Å². The van der Waals surface area contributed by atoms with Crippen LogP contribution < -0.4 is 5.32 Å². The summed E-state index contributed by atoms with van der Waals surface area (Å²) in [6, 6.07) is 4.65. The Labute approximate surface area is 180 Å². The molecule has 1 saturated heterocycles. The van der Waals surface area contributed by atoms with Crippen LogP contribution in [0.15, 0.2) is 23.1 Å². The first-order valence-electron chi connectivity index (χ1n) is 10.1. The molecule has 1 aromatic carbocycles. The number of carbonyl (C=O) groups excluding carboxylic acids is 1. The smallest absolute Gasteiger partial charge is 0.243 e. The van der Waals surface area contributed by atoms with Gasteiger partial charge in [-0.2, -0.15) is 4.31 Å². The van der Waals surface area contributed by atoms with Crippen molar-refractivity contribution in [3.8, 4) is 0 Å². The normalized spacial score (nSPS) is 17.7. The van der Waals surface area contributed by atoms with E-state index in [-0.39, 0.29) is 16.8 Å². The van der Waals surface area contributed by atoms with Crippen molar-refractivity contribution in [3.05, 3.63) is 23.2 Å². The summed E-state index contributed by atoms with van der Waals surface area (Å²) < 4.78 is 26.9. The van der Waals surface area contributed by atoms with E-state index in [0.29, 0.717) is 29.8 Å². The van der Waals surface area contributed by atoms with E-state index in [1.807, 2.05) is 6.92 Å². The molecule has 1 N–H and O–H groups in total. The third-order valence-corrected chi connectivity index (χ3v) is 8.07. The van der Waals surface area contributed by atoms with Gasteiger partial charge in [-0.25, -0.2) is 8.42 Å². The van der Waals surface area contributed by atoms with Gasteiger partial charge in [0.1, 0.15) is 0 Å². The van der Waals surface area contributed by atoms with Gasteiger partial charge in [0.15, 0.2) is 0 Å². The van der Waals surface area contributed by atoms with Gasteiger partial charge >= 0.3 is 0 Å². The Bertz CT molecular complexity index is 804. The summed E-state index contributed by atoms with van der Waals surface area (Å²) in [5.41, 5.74) is 0.319. The Hall–Kier alpha value is -1.19. The molecule has 0 saturated carbocycles. The van der Waals surface area contributed by atoms with Gasteiger partial charge in [-0.1, -0.05) is 25.4 Å². The van der Waals surface area contributed by atoms with Crippen LogP contribution in [0.5, 0.6) is 0 Å². The largest absolute Gasteiger partial charge is 0.323 e. The molecule has 1 fully saturated rings. The van der Waals surface area contributed by atoms with Crippen LogP contribution in [0.3, 0.4) is 0 Å². The molecule has 0 aliphatic carbocycles. The molecule has 1 aliphatic rings. The SMILES string of the molecule is CCN(CC)S(=O)(=O)c1ccc(Cl)c(NC(=O)C(C)N2CCC(N(C)C)CC2)c1. The fourth-order valence-electron chi connectivity index (χ4n) is 3.67. The number of hydrogen-bond donors (Lipinski definition) is 1. The quantitative estimate of drug-likeness (QED) is 0.667. The van der Waals surface area contributed by atoms with E-state index in [1.165, 1.54) is 22.5 Å². The lowest BCUT2D eigenvalue weighted by Crippen LogP contribution is -2.49. The number of hydrogen-bond acceptors (Lipinski definition) is 5. The van der Waals surface area contributed by atoms with E-state index >= 15 is 0 Å². The Balaban J connectivity index is 2.12. The summed E-state index contributed by atoms with van der Waals surface area (Å²) in [6.07, 6.45) is 2.03. The molecular formula is C20H33ClN4O3S. The fraction of sp³-hybridized carbons (Fsp3) is 0.650. The van der Waals surface area contributed by atoms with Crippen LogP contribution in [0.25, 0.3) is 0 Å². The van der Waals surface area contributed by atoms with E-state index in [2.05, 4.69) is 29.2 Å². The standard InChI is InChI=1S/C20H33ClN4O3S/c1-6-25(7-2)29(27,28)17-8-9-18(21)19(14-17)22-20(26)15(3)24-12-10-16(11-13-24)23(4)5/h8-9,14-16H,6-7,10-13H2,1-5H3,(H,22,26). The molecule has 0 spiro atoms. The van der Waals surface area contributed by atoms with Crippen molar-refractivity contribution in [2.75, 3.05) is 45.6 Å². The van der Waals surface area contributed by atoms with Gasteiger partial charge in [0.2, 0.25) is 15.9 Å². The Kier molecular flexibility index (Phi) is 8.48. The molecule has 0 aromatic heterocycles. The first-order chi connectivity index (χ1) is 13.6. The predicted octanol–water partition coefficient (Wildman–Crippen LogP) is 2.72. The van der Waals surface area contributed by atoms with Crippen molar-refractivity contribution in [2.24, 2.45) is 0 Å². The third-order valence-electron chi connectivity index (χ3n) is 5.70. The molecule has 1 heterocycles. The minimum atomic E-state index is -3.62. The summed E-state index contributed by atoms with van der Waals surface area (Å²) in [4.78, 5) is 17.3. The lowest BCUT2D eigenvalue weighted by Gasteiger charge is -2.37. The predicted molar refractivity (Wildman–Crippen MR) is 118 cm³/mol. The number of halogens is 1. The number of carbonyl (C=O) groups is 1. The van der Waals surface area contributed by atoms with Crippen molar-refractivity contribution < 1.29 is 13.2 Å². The summed E-state index contributed by atoms with van der Waals surface area (Å²) in [6.45, 7) is 7.91. The molecular weight excluding hydrogens is 412 g/mol. The molecule has 1 aliphatic heterocycles. The number of likely N-dealkylation sites (tertiary alicyclic amines) is 1. The minimum Gasteiger partial charge on any atom is -0.323 e. The highest BCUT2D eigenvalue weighted by atomic mass is 35.5. The number of amides is 1. The number of nitrogens with zero attached hydrogens (tertiary/aromatic N) is 3. The second-order valence-corrected chi connectivity index (χ2v) is 9.97. The molecule has 9 heteroatoms. The van der Waals surface area contributed by atoms with Gasteiger partial charge < -0.3 is 10.2 Å². The number of nitrogens with one attached hydrogen (secondary N) is 1. The van der Waals surface area contributed by atoms with Gasteiger partial charge in [-0.3, -0.25) is 9.69 Å². The first kappa shape index (κ1) is 24.1. The summed E-state index contributed by atoms with van der Waals surface area (Å²) >= 11 is 6.24. The lowest BCUT2D eigenvalue weighted by atomic mass is 10.0. The van der Waals surface area contributed by atoms with Crippen LogP contribution in [-0.2, 0) is 14.8 Å². The second-order valence-electron chi connectivity index (χ2n) is 7.63. The van der Waals surface area contributed by atoms with Crippen LogP contribution in [0, 0.1) is 0 Å². The van der Waals surface area contributed by atoms with Crippen LogP contribution in [0.1, 0.15) is 33.6 Å². The maximum atomic E-state index is 12.8. The topological polar surface area (TPSA) is 73.0 Å². The van der Waals surface area contributed by atoms with Crippen LogP contribution in [-0.4, -0.2) is 80.8 Å². The van der Waals surface area contributed by atoms with Crippen molar-refractivity contribution in [3.63, 3.8) is 0 Å². The monoisotopic (exact) mass is 444 g/mol. The molecule has 0 bridgehead atoms. The third kappa shape index (κ3) is 5.70. The zero-order chi connectivity index (χ0) is 21.8. The minimum absolute atomic E-state index is 0.125. The molecule has 7 nitrogen and oxygen atoms in total. The zero-order valence-corrected chi connectivity index (χ0v) is 19.6. The molecule has 164 valence electrons.